The number of piperidine rings is 1. The molecule has 1 aromatic carbocycles. The lowest BCUT2D eigenvalue weighted by Gasteiger charge is -2.30. The van der Waals surface area contributed by atoms with Gasteiger partial charge >= 0.3 is 0 Å². The van der Waals surface area contributed by atoms with Crippen molar-refractivity contribution >= 4 is 0 Å². The molecule has 1 aliphatic heterocycles. The molecule has 1 fully saturated rings. The highest BCUT2D eigenvalue weighted by Crippen LogP contribution is 2.29. The first-order valence-electron chi connectivity index (χ1n) is 8.83. The van der Waals surface area contributed by atoms with Gasteiger partial charge in [-0.25, -0.2) is 4.68 Å². The van der Waals surface area contributed by atoms with E-state index in [0.717, 1.165) is 38.9 Å². The van der Waals surface area contributed by atoms with Crippen molar-refractivity contribution in [3.63, 3.8) is 0 Å². The fourth-order valence-electron chi connectivity index (χ4n) is 3.96. The topological polar surface area (TPSA) is 41.3 Å². The zero-order chi connectivity index (χ0) is 15.6. The number of likely N-dealkylation sites (tertiary alicyclic amines) is 1. The van der Waals surface area contributed by atoms with Crippen molar-refractivity contribution in [2.75, 3.05) is 19.7 Å². The number of aliphatic hydroxyl groups excluding tert-OH is 1. The molecule has 23 heavy (non-hydrogen) atoms. The van der Waals surface area contributed by atoms with Crippen molar-refractivity contribution in [3.8, 4) is 5.69 Å². The lowest BCUT2D eigenvalue weighted by Crippen LogP contribution is -2.34. The van der Waals surface area contributed by atoms with Crippen LogP contribution in [0.5, 0.6) is 0 Å². The summed E-state index contributed by atoms with van der Waals surface area (Å²) in [6, 6.07) is 10.5. The molecule has 122 valence electrons. The number of nitrogens with zero attached hydrogens (tertiary/aromatic N) is 3. The first kappa shape index (κ1) is 14.9. The molecule has 1 N–H and O–H groups in total. The molecule has 4 rings (SSSR count). The maximum atomic E-state index is 9.29. The molecule has 1 aliphatic carbocycles. The summed E-state index contributed by atoms with van der Waals surface area (Å²) in [6.07, 6.45) is 5.78. The van der Waals surface area contributed by atoms with Gasteiger partial charge in [-0.05, 0) is 68.8 Å². The van der Waals surface area contributed by atoms with Crippen LogP contribution in [0.2, 0.25) is 0 Å². The number of rotatable bonds is 4. The zero-order valence-electron chi connectivity index (χ0n) is 13.6. The van der Waals surface area contributed by atoms with Crippen molar-refractivity contribution in [1.29, 1.82) is 0 Å². The van der Waals surface area contributed by atoms with Crippen LogP contribution in [0, 0.1) is 5.92 Å². The zero-order valence-corrected chi connectivity index (χ0v) is 13.6. The van der Waals surface area contributed by atoms with Gasteiger partial charge in [0.2, 0.25) is 0 Å². The normalized spacial score (nSPS) is 19.2. The van der Waals surface area contributed by atoms with E-state index in [2.05, 4.69) is 39.9 Å². The van der Waals surface area contributed by atoms with Crippen LogP contribution in [0.25, 0.3) is 5.69 Å². The fraction of sp³-hybridized carbons (Fsp3) is 0.526. The van der Waals surface area contributed by atoms with Crippen LogP contribution >= 0.6 is 0 Å². The molecule has 2 aromatic rings. The van der Waals surface area contributed by atoms with Gasteiger partial charge in [-0.2, -0.15) is 5.10 Å². The fourth-order valence-corrected chi connectivity index (χ4v) is 3.96. The molecule has 2 aliphatic rings. The summed E-state index contributed by atoms with van der Waals surface area (Å²) in [5.74, 6) is 0.499. The number of hydrogen-bond donors (Lipinski definition) is 1. The highest BCUT2D eigenvalue weighted by Gasteiger charge is 2.25. The van der Waals surface area contributed by atoms with Crippen molar-refractivity contribution in [2.45, 2.75) is 38.6 Å². The van der Waals surface area contributed by atoms with Crippen LogP contribution in [0.3, 0.4) is 0 Å². The largest absolute Gasteiger partial charge is 0.396 e. The van der Waals surface area contributed by atoms with Crippen LogP contribution in [-0.4, -0.2) is 39.5 Å². The van der Waals surface area contributed by atoms with Gasteiger partial charge in [0.1, 0.15) is 0 Å². The lowest BCUT2D eigenvalue weighted by molar-refractivity contribution is 0.126. The van der Waals surface area contributed by atoms with Crippen LogP contribution < -0.4 is 0 Å². The third-order valence-corrected chi connectivity index (χ3v) is 5.35. The quantitative estimate of drug-likeness (QED) is 0.943. The Morgan fingerprint density at radius 1 is 1.09 bits per heavy atom. The van der Waals surface area contributed by atoms with Gasteiger partial charge in [-0.1, -0.05) is 18.2 Å². The molecule has 4 heteroatoms. The van der Waals surface area contributed by atoms with Gasteiger partial charge < -0.3 is 5.11 Å². The maximum Gasteiger partial charge on any atom is 0.0804 e. The highest BCUT2D eigenvalue weighted by molar-refractivity contribution is 5.39. The Morgan fingerprint density at radius 3 is 2.61 bits per heavy atom. The molecule has 0 saturated carbocycles. The summed E-state index contributed by atoms with van der Waals surface area (Å²) in [4.78, 5) is 2.50. The number of para-hydroxylation sites is 1. The summed E-state index contributed by atoms with van der Waals surface area (Å²) in [6.45, 7) is 3.46. The van der Waals surface area contributed by atoms with E-state index < -0.39 is 0 Å². The molecule has 2 heterocycles. The molecule has 0 radical (unpaired) electrons. The predicted octanol–water partition coefficient (Wildman–Crippen LogP) is 2.57. The minimum absolute atomic E-state index is 0.339. The van der Waals surface area contributed by atoms with Crippen molar-refractivity contribution in [1.82, 2.24) is 14.7 Å². The Hall–Kier alpha value is -1.65. The van der Waals surface area contributed by atoms with Crippen molar-refractivity contribution in [3.05, 3.63) is 47.3 Å². The van der Waals surface area contributed by atoms with E-state index in [1.54, 1.807) is 0 Å². The molecule has 4 nitrogen and oxygen atoms in total. The van der Waals surface area contributed by atoms with E-state index in [0.29, 0.717) is 12.5 Å². The summed E-state index contributed by atoms with van der Waals surface area (Å²) in [5, 5.41) is 14.3. The molecule has 0 spiro atoms. The number of benzene rings is 1. The Kier molecular flexibility index (Phi) is 4.19. The van der Waals surface area contributed by atoms with Gasteiger partial charge in [-0.15, -0.1) is 0 Å². The van der Waals surface area contributed by atoms with Crippen LogP contribution in [0.1, 0.15) is 36.2 Å². The third-order valence-electron chi connectivity index (χ3n) is 5.35. The minimum atomic E-state index is 0.339. The van der Waals surface area contributed by atoms with Crippen LogP contribution in [0.15, 0.2) is 30.3 Å². The number of aromatic nitrogens is 2. The van der Waals surface area contributed by atoms with E-state index in [9.17, 15) is 5.11 Å². The molecule has 1 saturated heterocycles. The molecule has 0 amide bonds. The van der Waals surface area contributed by atoms with Gasteiger partial charge in [-0.3, -0.25) is 4.90 Å². The molecule has 0 unspecified atom stereocenters. The average molecular weight is 311 g/mol. The van der Waals surface area contributed by atoms with E-state index in [1.807, 2.05) is 0 Å². The summed E-state index contributed by atoms with van der Waals surface area (Å²) >= 11 is 0. The Labute approximate surface area is 137 Å². The molecule has 1 aromatic heterocycles. The predicted molar refractivity (Wildman–Crippen MR) is 90.7 cm³/mol. The van der Waals surface area contributed by atoms with Gasteiger partial charge in [0.25, 0.3) is 0 Å². The van der Waals surface area contributed by atoms with Crippen molar-refractivity contribution < 1.29 is 5.11 Å². The molecule has 0 atom stereocenters. The van der Waals surface area contributed by atoms with Gasteiger partial charge in [0.15, 0.2) is 0 Å². The molecular weight excluding hydrogens is 286 g/mol. The standard InChI is InChI=1S/C19H25N3O/c23-14-15-9-11-21(12-10-15)13-18-17-7-4-8-19(17)22(20-18)16-5-2-1-3-6-16/h1-3,5-6,15,23H,4,7-14H2. The van der Waals surface area contributed by atoms with E-state index in [1.165, 1.54) is 35.5 Å². The Morgan fingerprint density at radius 2 is 1.87 bits per heavy atom. The van der Waals surface area contributed by atoms with Crippen LogP contribution in [0.4, 0.5) is 0 Å². The maximum absolute atomic E-state index is 9.29. The van der Waals surface area contributed by atoms with E-state index >= 15 is 0 Å². The lowest BCUT2D eigenvalue weighted by atomic mass is 9.97. The van der Waals surface area contributed by atoms with Crippen molar-refractivity contribution in [2.24, 2.45) is 5.92 Å². The third kappa shape index (κ3) is 2.93. The summed E-state index contributed by atoms with van der Waals surface area (Å²) < 4.78 is 2.16. The molecular formula is C19H25N3O. The average Bonchev–Trinajstić information content (AvgIpc) is 3.20. The minimum Gasteiger partial charge on any atom is -0.396 e. The second-order valence-electron chi connectivity index (χ2n) is 6.87. The monoisotopic (exact) mass is 311 g/mol. The first-order chi connectivity index (χ1) is 11.3. The summed E-state index contributed by atoms with van der Waals surface area (Å²) in [5.41, 5.74) is 5.34. The first-order valence-corrected chi connectivity index (χ1v) is 8.83. The van der Waals surface area contributed by atoms with E-state index in [4.69, 9.17) is 5.10 Å². The number of aliphatic hydroxyl groups is 1. The molecule has 0 bridgehead atoms. The second kappa shape index (κ2) is 6.46. The SMILES string of the molecule is OCC1CCN(Cc2nn(-c3ccccc3)c3c2CCC3)CC1. The Balaban J connectivity index is 1.56. The number of fused-ring (bicyclic) bond motifs is 1. The van der Waals surface area contributed by atoms with Crippen LogP contribution in [-0.2, 0) is 19.4 Å². The number of hydrogen-bond acceptors (Lipinski definition) is 3. The Bertz CT molecular complexity index is 657. The summed E-state index contributed by atoms with van der Waals surface area (Å²) in [7, 11) is 0. The van der Waals surface area contributed by atoms with E-state index in [-0.39, 0.29) is 0 Å². The highest BCUT2D eigenvalue weighted by atomic mass is 16.3. The smallest absolute Gasteiger partial charge is 0.0804 e. The second-order valence-corrected chi connectivity index (χ2v) is 6.87. The van der Waals surface area contributed by atoms with Gasteiger partial charge in [0.05, 0.1) is 11.4 Å². The van der Waals surface area contributed by atoms with Gasteiger partial charge in [0, 0.05) is 18.8 Å².